The Morgan fingerprint density at radius 2 is 1.44 bits per heavy atom. The predicted octanol–water partition coefficient (Wildman–Crippen LogP) is 0.748. The Kier molecular flexibility index (Phi) is 1.39. The maximum absolute atomic E-state index is 11.0. The average molecular weight is 146 g/mol. The fourth-order valence-electron chi connectivity index (χ4n) is 0.871. The first-order valence-electron chi connectivity index (χ1n) is 2.96. The number of rotatable bonds is 0. The van der Waals surface area contributed by atoms with Gasteiger partial charge in [0.25, 0.3) is 0 Å². The number of hydrogen-bond donors (Lipinski definition) is 0. The van der Waals surface area contributed by atoms with Gasteiger partial charge in [-0.25, -0.2) is 8.42 Å². The van der Waals surface area contributed by atoms with Crippen molar-refractivity contribution < 1.29 is 8.42 Å². The van der Waals surface area contributed by atoms with Gasteiger partial charge in [-0.05, 0) is 13.8 Å². The van der Waals surface area contributed by atoms with Gasteiger partial charge in [0, 0.05) is 0 Å². The quantitative estimate of drug-likeness (QED) is 0.472. The summed E-state index contributed by atoms with van der Waals surface area (Å²) in [6.07, 6.45) is 3.47. The molecule has 0 N–H and O–H groups in total. The summed E-state index contributed by atoms with van der Waals surface area (Å²) in [5, 5.41) is -0.542. The van der Waals surface area contributed by atoms with E-state index in [4.69, 9.17) is 0 Å². The minimum absolute atomic E-state index is 0.271. The van der Waals surface area contributed by atoms with Crippen LogP contribution in [-0.4, -0.2) is 18.9 Å². The first-order valence-corrected chi connectivity index (χ1v) is 4.57. The van der Waals surface area contributed by atoms with E-state index in [9.17, 15) is 8.42 Å². The Balaban J connectivity index is 3.04. The van der Waals surface area contributed by atoms with Crippen molar-refractivity contribution >= 4 is 9.84 Å². The lowest BCUT2D eigenvalue weighted by Crippen LogP contribution is -2.18. The smallest absolute Gasteiger partial charge is 0.162 e. The van der Waals surface area contributed by atoms with Gasteiger partial charge in [0.1, 0.15) is 0 Å². The third kappa shape index (κ3) is 0.894. The Morgan fingerprint density at radius 3 is 1.56 bits per heavy atom. The van der Waals surface area contributed by atoms with Gasteiger partial charge in [0.05, 0.1) is 10.5 Å². The van der Waals surface area contributed by atoms with Crippen LogP contribution in [0.25, 0.3) is 0 Å². The third-order valence-corrected chi connectivity index (χ3v) is 4.08. The van der Waals surface area contributed by atoms with Crippen LogP contribution in [0.4, 0.5) is 0 Å². The van der Waals surface area contributed by atoms with Crippen molar-refractivity contribution in [1.29, 1.82) is 0 Å². The molecule has 1 aliphatic rings. The summed E-state index contributed by atoms with van der Waals surface area (Å²) in [7, 11) is -2.81. The summed E-state index contributed by atoms with van der Waals surface area (Å²) in [5.74, 6) is 0. The normalized spacial score (nSPS) is 39.3. The van der Waals surface area contributed by atoms with Gasteiger partial charge in [0.15, 0.2) is 9.84 Å². The van der Waals surface area contributed by atoms with Crippen LogP contribution < -0.4 is 0 Å². The van der Waals surface area contributed by atoms with E-state index < -0.39 is 9.84 Å². The van der Waals surface area contributed by atoms with Crippen molar-refractivity contribution in [3.05, 3.63) is 12.2 Å². The summed E-state index contributed by atoms with van der Waals surface area (Å²) < 4.78 is 22.1. The molecule has 0 amide bonds. The van der Waals surface area contributed by atoms with E-state index >= 15 is 0 Å². The highest BCUT2D eigenvalue weighted by Crippen LogP contribution is 2.18. The molecule has 0 aliphatic carbocycles. The predicted molar refractivity (Wildman–Crippen MR) is 37.0 cm³/mol. The maximum atomic E-state index is 11.0. The minimum atomic E-state index is -2.81. The van der Waals surface area contributed by atoms with E-state index in [1.807, 2.05) is 0 Å². The maximum Gasteiger partial charge on any atom is 0.162 e. The van der Waals surface area contributed by atoms with Gasteiger partial charge < -0.3 is 0 Å². The second kappa shape index (κ2) is 1.84. The van der Waals surface area contributed by atoms with Crippen LogP contribution in [-0.2, 0) is 9.84 Å². The zero-order valence-corrected chi connectivity index (χ0v) is 6.35. The SMILES string of the molecule is CC1C=CC(C)S1(=O)=O. The highest BCUT2D eigenvalue weighted by atomic mass is 32.2. The number of hydrogen-bond acceptors (Lipinski definition) is 2. The van der Waals surface area contributed by atoms with Crippen molar-refractivity contribution in [2.24, 2.45) is 0 Å². The Labute approximate surface area is 55.5 Å². The van der Waals surface area contributed by atoms with Crippen molar-refractivity contribution in [2.75, 3.05) is 0 Å². The molecular formula is C6H10O2S. The molecule has 1 rings (SSSR count). The lowest BCUT2D eigenvalue weighted by Gasteiger charge is -2.03. The van der Waals surface area contributed by atoms with Crippen molar-refractivity contribution in [3.8, 4) is 0 Å². The topological polar surface area (TPSA) is 34.1 Å². The Hall–Kier alpha value is -0.310. The summed E-state index contributed by atoms with van der Waals surface area (Å²) in [5.41, 5.74) is 0. The van der Waals surface area contributed by atoms with Crippen LogP contribution in [0.2, 0.25) is 0 Å². The van der Waals surface area contributed by atoms with Gasteiger partial charge in [-0.3, -0.25) is 0 Å². The molecule has 0 radical (unpaired) electrons. The molecule has 0 saturated heterocycles. The van der Waals surface area contributed by atoms with Crippen molar-refractivity contribution in [3.63, 3.8) is 0 Å². The molecule has 0 aromatic rings. The van der Waals surface area contributed by atoms with Gasteiger partial charge >= 0.3 is 0 Å². The zero-order chi connectivity index (χ0) is 7.07. The molecule has 0 aromatic heterocycles. The molecule has 0 fully saturated rings. The molecule has 2 atom stereocenters. The largest absolute Gasteiger partial charge is 0.228 e. The van der Waals surface area contributed by atoms with Crippen LogP contribution >= 0.6 is 0 Å². The molecule has 0 spiro atoms. The molecule has 0 saturated carbocycles. The van der Waals surface area contributed by atoms with Gasteiger partial charge in [0.2, 0.25) is 0 Å². The van der Waals surface area contributed by atoms with Gasteiger partial charge in [-0.15, -0.1) is 0 Å². The lowest BCUT2D eigenvalue weighted by molar-refractivity contribution is 0.590. The number of sulfone groups is 1. The van der Waals surface area contributed by atoms with Crippen molar-refractivity contribution in [2.45, 2.75) is 24.3 Å². The summed E-state index contributed by atoms with van der Waals surface area (Å²) in [6.45, 7) is 3.41. The minimum Gasteiger partial charge on any atom is -0.228 e. The fourth-order valence-corrected chi connectivity index (χ4v) is 2.17. The van der Waals surface area contributed by atoms with E-state index in [1.165, 1.54) is 0 Å². The summed E-state index contributed by atoms with van der Waals surface area (Å²) >= 11 is 0. The first-order chi connectivity index (χ1) is 4.05. The molecular weight excluding hydrogens is 136 g/mol. The van der Waals surface area contributed by atoms with E-state index in [0.717, 1.165) is 0 Å². The highest BCUT2D eigenvalue weighted by molar-refractivity contribution is 7.93. The third-order valence-electron chi connectivity index (χ3n) is 1.69. The second-order valence-corrected chi connectivity index (χ2v) is 5.05. The Bertz CT molecular complexity index is 207. The first kappa shape index (κ1) is 6.81. The molecule has 0 aromatic carbocycles. The van der Waals surface area contributed by atoms with Crippen LogP contribution in [0.1, 0.15) is 13.8 Å². The molecule has 9 heavy (non-hydrogen) atoms. The van der Waals surface area contributed by atoms with E-state index in [1.54, 1.807) is 26.0 Å². The molecule has 1 aliphatic heterocycles. The summed E-state index contributed by atoms with van der Waals surface area (Å²) in [6, 6.07) is 0. The Morgan fingerprint density at radius 1 is 1.11 bits per heavy atom. The lowest BCUT2D eigenvalue weighted by atomic mass is 10.4. The van der Waals surface area contributed by atoms with Crippen LogP contribution in [0, 0.1) is 0 Å². The summed E-state index contributed by atoms with van der Waals surface area (Å²) in [4.78, 5) is 0. The molecule has 2 nitrogen and oxygen atoms in total. The molecule has 3 heteroatoms. The monoisotopic (exact) mass is 146 g/mol. The molecule has 52 valence electrons. The molecule has 2 unspecified atom stereocenters. The van der Waals surface area contributed by atoms with E-state index in [0.29, 0.717) is 0 Å². The average Bonchev–Trinajstić information content (AvgIpc) is 1.96. The molecule has 0 bridgehead atoms. The van der Waals surface area contributed by atoms with Crippen LogP contribution in [0.15, 0.2) is 12.2 Å². The van der Waals surface area contributed by atoms with E-state index in [-0.39, 0.29) is 10.5 Å². The van der Waals surface area contributed by atoms with Crippen LogP contribution in [0.5, 0.6) is 0 Å². The van der Waals surface area contributed by atoms with E-state index in [2.05, 4.69) is 0 Å². The van der Waals surface area contributed by atoms with Crippen LogP contribution in [0.3, 0.4) is 0 Å². The zero-order valence-electron chi connectivity index (χ0n) is 5.53. The second-order valence-electron chi connectivity index (χ2n) is 2.38. The van der Waals surface area contributed by atoms with Gasteiger partial charge in [-0.2, -0.15) is 0 Å². The fraction of sp³-hybridized carbons (Fsp3) is 0.667. The highest BCUT2D eigenvalue weighted by Gasteiger charge is 2.28. The van der Waals surface area contributed by atoms with Crippen molar-refractivity contribution in [1.82, 2.24) is 0 Å². The molecule has 1 heterocycles. The van der Waals surface area contributed by atoms with Gasteiger partial charge in [-0.1, -0.05) is 12.2 Å². The standard InChI is InChI=1S/C6H10O2S/c1-5-3-4-6(2)9(5,7)8/h3-6H,1-2H3.